The van der Waals surface area contributed by atoms with Crippen molar-refractivity contribution >= 4 is 21.6 Å². The molecule has 0 aliphatic carbocycles. The first-order chi connectivity index (χ1) is 11.8. The van der Waals surface area contributed by atoms with Crippen molar-refractivity contribution in [2.75, 3.05) is 44.4 Å². The molecule has 1 unspecified atom stereocenters. The predicted octanol–water partition coefficient (Wildman–Crippen LogP) is 1.73. The number of ether oxygens (including phenoxy) is 2. The SMILES string of the molecule is COc1ccc(N(CC(=O)N2CCCC(C)C2)S(C)(=O)=O)cc1OC. The third-order valence-electron chi connectivity index (χ3n) is 4.34. The number of amides is 1. The van der Waals surface area contributed by atoms with Gasteiger partial charge in [-0.15, -0.1) is 0 Å². The van der Waals surface area contributed by atoms with Gasteiger partial charge in [-0.3, -0.25) is 9.10 Å². The molecule has 0 radical (unpaired) electrons. The molecule has 7 nitrogen and oxygen atoms in total. The topological polar surface area (TPSA) is 76.2 Å². The highest BCUT2D eigenvalue weighted by Gasteiger charge is 2.27. The summed E-state index contributed by atoms with van der Waals surface area (Å²) in [7, 11) is -0.635. The zero-order chi connectivity index (χ0) is 18.6. The molecule has 0 bridgehead atoms. The minimum atomic E-state index is -3.62. The second-order valence-corrected chi connectivity index (χ2v) is 8.30. The number of hydrogen-bond donors (Lipinski definition) is 0. The fourth-order valence-corrected chi connectivity index (χ4v) is 3.86. The van der Waals surface area contributed by atoms with Crippen LogP contribution in [0.15, 0.2) is 18.2 Å². The zero-order valence-corrected chi connectivity index (χ0v) is 16.0. The van der Waals surface area contributed by atoms with Gasteiger partial charge in [-0.05, 0) is 30.9 Å². The van der Waals surface area contributed by atoms with Crippen LogP contribution in [0, 0.1) is 5.92 Å². The number of likely N-dealkylation sites (tertiary alicyclic amines) is 1. The first kappa shape index (κ1) is 19.4. The van der Waals surface area contributed by atoms with Crippen LogP contribution in [-0.2, 0) is 14.8 Å². The van der Waals surface area contributed by atoms with Crippen molar-refractivity contribution < 1.29 is 22.7 Å². The number of benzene rings is 1. The summed E-state index contributed by atoms with van der Waals surface area (Å²) < 4.78 is 36.0. The number of hydrogen-bond acceptors (Lipinski definition) is 5. The van der Waals surface area contributed by atoms with Crippen molar-refractivity contribution in [2.45, 2.75) is 19.8 Å². The van der Waals surface area contributed by atoms with Crippen molar-refractivity contribution in [1.29, 1.82) is 0 Å². The van der Waals surface area contributed by atoms with Crippen LogP contribution in [0.25, 0.3) is 0 Å². The van der Waals surface area contributed by atoms with E-state index in [1.54, 1.807) is 23.1 Å². The number of sulfonamides is 1. The number of anilines is 1. The predicted molar refractivity (Wildman–Crippen MR) is 96.7 cm³/mol. The number of nitrogens with zero attached hydrogens (tertiary/aromatic N) is 2. The first-order valence-corrected chi connectivity index (χ1v) is 10.1. The van der Waals surface area contributed by atoms with E-state index >= 15 is 0 Å². The van der Waals surface area contributed by atoms with Gasteiger partial charge in [0.2, 0.25) is 15.9 Å². The second kappa shape index (κ2) is 7.95. The van der Waals surface area contributed by atoms with E-state index in [1.807, 2.05) is 0 Å². The lowest BCUT2D eigenvalue weighted by molar-refractivity contribution is -0.131. The van der Waals surface area contributed by atoms with Gasteiger partial charge in [-0.2, -0.15) is 0 Å². The Bertz CT molecular complexity index is 720. The van der Waals surface area contributed by atoms with Gasteiger partial charge in [0.1, 0.15) is 6.54 Å². The molecule has 1 amide bonds. The maximum absolute atomic E-state index is 12.6. The van der Waals surface area contributed by atoms with Crippen LogP contribution in [-0.4, -0.2) is 59.3 Å². The highest BCUT2D eigenvalue weighted by Crippen LogP contribution is 2.32. The van der Waals surface area contributed by atoms with Crippen LogP contribution < -0.4 is 13.8 Å². The van der Waals surface area contributed by atoms with Gasteiger partial charge < -0.3 is 14.4 Å². The van der Waals surface area contributed by atoms with Crippen LogP contribution in [0.2, 0.25) is 0 Å². The molecule has 140 valence electrons. The van der Waals surface area contributed by atoms with Gasteiger partial charge in [0.25, 0.3) is 0 Å². The summed E-state index contributed by atoms with van der Waals surface area (Å²) in [6, 6.07) is 4.79. The quantitative estimate of drug-likeness (QED) is 0.762. The lowest BCUT2D eigenvalue weighted by Crippen LogP contribution is -2.46. The molecule has 25 heavy (non-hydrogen) atoms. The van der Waals surface area contributed by atoms with E-state index in [0.717, 1.165) is 23.4 Å². The number of carbonyl (C=O) groups excluding carboxylic acids is 1. The smallest absolute Gasteiger partial charge is 0.243 e. The van der Waals surface area contributed by atoms with E-state index in [0.29, 0.717) is 36.2 Å². The van der Waals surface area contributed by atoms with Gasteiger partial charge in [0, 0.05) is 19.2 Å². The number of carbonyl (C=O) groups is 1. The molecule has 0 aromatic heterocycles. The summed E-state index contributed by atoms with van der Waals surface area (Å²) in [6.45, 7) is 3.22. The Hall–Kier alpha value is -1.96. The molecule has 1 aliphatic heterocycles. The van der Waals surface area contributed by atoms with Crippen molar-refractivity contribution in [2.24, 2.45) is 5.92 Å². The maximum atomic E-state index is 12.6. The molecule has 1 atom stereocenters. The Morgan fingerprint density at radius 1 is 1.28 bits per heavy atom. The molecule has 1 aliphatic rings. The van der Waals surface area contributed by atoms with Crippen LogP contribution in [0.1, 0.15) is 19.8 Å². The van der Waals surface area contributed by atoms with Crippen molar-refractivity contribution in [3.63, 3.8) is 0 Å². The Morgan fingerprint density at radius 3 is 2.52 bits per heavy atom. The molecule has 1 aromatic carbocycles. The van der Waals surface area contributed by atoms with E-state index in [2.05, 4.69) is 6.92 Å². The molecule has 1 fully saturated rings. The maximum Gasteiger partial charge on any atom is 0.243 e. The fraction of sp³-hybridized carbons (Fsp3) is 0.588. The van der Waals surface area contributed by atoms with Crippen LogP contribution >= 0.6 is 0 Å². The van der Waals surface area contributed by atoms with Crippen LogP contribution in [0.3, 0.4) is 0 Å². The van der Waals surface area contributed by atoms with Gasteiger partial charge >= 0.3 is 0 Å². The summed E-state index contributed by atoms with van der Waals surface area (Å²) in [4.78, 5) is 14.4. The summed E-state index contributed by atoms with van der Waals surface area (Å²) in [6.07, 6.45) is 3.13. The molecule has 1 saturated heterocycles. The number of piperidine rings is 1. The lowest BCUT2D eigenvalue weighted by Gasteiger charge is -2.33. The van der Waals surface area contributed by atoms with E-state index in [-0.39, 0.29) is 12.5 Å². The van der Waals surface area contributed by atoms with Crippen molar-refractivity contribution in [3.05, 3.63) is 18.2 Å². The zero-order valence-electron chi connectivity index (χ0n) is 15.2. The van der Waals surface area contributed by atoms with Gasteiger partial charge in [-0.1, -0.05) is 6.92 Å². The van der Waals surface area contributed by atoms with Crippen LogP contribution in [0.4, 0.5) is 5.69 Å². The third kappa shape index (κ3) is 4.78. The molecule has 0 saturated carbocycles. The summed E-state index contributed by atoms with van der Waals surface area (Å²) in [5, 5.41) is 0. The van der Waals surface area contributed by atoms with E-state index in [1.165, 1.54) is 14.2 Å². The molecule has 0 N–H and O–H groups in total. The van der Waals surface area contributed by atoms with Crippen molar-refractivity contribution in [3.8, 4) is 11.5 Å². The van der Waals surface area contributed by atoms with Gasteiger partial charge in [0.15, 0.2) is 11.5 Å². The van der Waals surface area contributed by atoms with E-state index in [9.17, 15) is 13.2 Å². The second-order valence-electron chi connectivity index (χ2n) is 6.40. The Balaban J connectivity index is 2.27. The molecular weight excluding hydrogens is 344 g/mol. The Kier molecular flexibility index (Phi) is 6.16. The fourth-order valence-electron chi connectivity index (χ4n) is 3.02. The first-order valence-electron chi connectivity index (χ1n) is 8.23. The minimum Gasteiger partial charge on any atom is -0.493 e. The molecule has 1 aromatic rings. The largest absolute Gasteiger partial charge is 0.493 e. The summed E-state index contributed by atoms with van der Waals surface area (Å²) in [5.41, 5.74) is 0.374. The molecule has 2 rings (SSSR count). The monoisotopic (exact) mass is 370 g/mol. The average Bonchev–Trinajstić information content (AvgIpc) is 2.57. The number of rotatable bonds is 6. The highest BCUT2D eigenvalue weighted by atomic mass is 32.2. The highest BCUT2D eigenvalue weighted by molar-refractivity contribution is 7.92. The van der Waals surface area contributed by atoms with E-state index < -0.39 is 10.0 Å². The average molecular weight is 370 g/mol. The Morgan fingerprint density at radius 2 is 1.96 bits per heavy atom. The van der Waals surface area contributed by atoms with Gasteiger partial charge in [0.05, 0.1) is 26.2 Å². The normalized spacial score (nSPS) is 17.9. The van der Waals surface area contributed by atoms with Gasteiger partial charge in [-0.25, -0.2) is 8.42 Å². The number of methoxy groups -OCH3 is 2. The third-order valence-corrected chi connectivity index (χ3v) is 5.48. The van der Waals surface area contributed by atoms with E-state index in [4.69, 9.17) is 9.47 Å². The Labute approximate surface area is 149 Å². The minimum absolute atomic E-state index is 0.188. The molecule has 1 heterocycles. The molecule has 0 spiro atoms. The molecule has 8 heteroatoms. The van der Waals surface area contributed by atoms with Crippen molar-refractivity contribution in [1.82, 2.24) is 4.90 Å². The molecular formula is C17H26N2O5S. The summed E-state index contributed by atoms with van der Waals surface area (Å²) in [5.74, 6) is 1.15. The summed E-state index contributed by atoms with van der Waals surface area (Å²) >= 11 is 0. The standard InChI is InChI=1S/C17H26N2O5S/c1-13-6-5-9-18(11-13)17(20)12-19(25(4,21)22)14-7-8-15(23-2)16(10-14)24-3/h7-8,10,13H,5-6,9,11-12H2,1-4H3. The lowest BCUT2D eigenvalue weighted by atomic mass is 10.0. The van der Waals surface area contributed by atoms with Crippen LogP contribution in [0.5, 0.6) is 11.5 Å².